The molecule has 0 bridgehead atoms. The first kappa shape index (κ1) is 14.6. The molecule has 1 atom stereocenters. The van der Waals surface area contributed by atoms with Crippen molar-refractivity contribution in [1.29, 1.82) is 0 Å². The van der Waals surface area contributed by atoms with E-state index in [9.17, 15) is 4.79 Å². The number of benzene rings is 2. The normalized spacial score (nSPS) is 12.6. The van der Waals surface area contributed by atoms with E-state index in [4.69, 9.17) is 0 Å². The number of carbonyl (C=O) groups excluding carboxylic acids is 1. The van der Waals surface area contributed by atoms with E-state index in [1.807, 2.05) is 24.3 Å². The zero-order chi connectivity index (χ0) is 14.5. The lowest BCUT2D eigenvalue weighted by Gasteiger charge is -2.16. The Balaban J connectivity index is 2.06. The highest BCUT2D eigenvalue weighted by Crippen LogP contribution is 2.19. The first-order valence-corrected chi connectivity index (χ1v) is 7.32. The van der Waals surface area contributed by atoms with Gasteiger partial charge in [0.1, 0.15) is 0 Å². The molecule has 1 unspecified atom stereocenters. The zero-order valence-electron chi connectivity index (χ0n) is 12.5. The molecular weight excluding hydrogens is 246 g/mol. The molecule has 2 aromatic rings. The van der Waals surface area contributed by atoms with Gasteiger partial charge in [-0.05, 0) is 35.6 Å². The molecule has 0 spiro atoms. The lowest BCUT2D eigenvalue weighted by Crippen LogP contribution is -2.34. The van der Waals surface area contributed by atoms with Crippen molar-refractivity contribution < 1.29 is 4.79 Å². The summed E-state index contributed by atoms with van der Waals surface area (Å²) in [6, 6.07) is 14.6. The van der Waals surface area contributed by atoms with Gasteiger partial charge in [0, 0.05) is 6.04 Å². The van der Waals surface area contributed by atoms with Gasteiger partial charge in [0.2, 0.25) is 5.91 Å². The van der Waals surface area contributed by atoms with Crippen molar-refractivity contribution in [1.82, 2.24) is 5.32 Å². The van der Waals surface area contributed by atoms with Gasteiger partial charge in [0.15, 0.2) is 0 Å². The van der Waals surface area contributed by atoms with E-state index in [2.05, 4.69) is 44.3 Å². The summed E-state index contributed by atoms with van der Waals surface area (Å²) >= 11 is 0. The van der Waals surface area contributed by atoms with Crippen LogP contribution in [-0.2, 0) is 11.2 Å². The number of fused-ring (bicyclic) bond motifs is 1. The molecule has 2 aromatic carbocycles. The van der Waals surface area contributed by atoms with Crippen molar-refractivity contribution in [3.63, 3.8) is 0 Å². The topological polar surface area (TPSA) is 29.1 Å². The van der Waals surface area contributed by atoms with Crippen LogP contribution >= 0.6 is 0 Å². The van der Waals surface area contributed by atoms with Crippen LogP contribution in [0.1, 0.15) is 32.8 Å². The molecule has 0 radical (unpaired) electrons. The summed E-state index contributed by atoms with van der Waals surface area (Å²) in [7, 11) is 0. The molecule has 1 amide bonds. The van der Waals surface area contributed by atoms with Crippen LogP contribution in [-0.4, -0.2) is 11.9 Å². The first-order valence-electron chi connectivity index (χ1n) is 7.32. The lowest BCUT2D eigenvalue weighted by molar-refractivity contribution is -0.121. The van der Waals surface area contributed by atoms with Crippen molar-refractivity contribution in [2.24, 2.45) is 5.92 Å². The minimum atomic E-state index is 0.106. The Morgan fingerprint density at radius 2 is 1.75 bits per heavy atom. The highest BCUT2D eigenvalue weighted by Gasteiger charge is 2.11. The van der Waals surface area contributed by atoms with Gasteiger partial charge in [-0.3, -0.25) is 4.79 Å². The van der Waals surface area contributed by atoms with Gasteiger partial charge in [0.25, 0.3) is 0 Å². The van der Waals surface area contributed by atoms with E-state index in [0.29, 0.717) is 12.3 Å². The highest BCUT2D eigenvalue weighted by atomic mass is 16.1. The largest absolute Gasteiger partial charge is 0.353 e. The summed E-state index contributed by atoms with van der Waals surface area (Å²) < 4.78 is 0. The summed E-state index contributed by atoms with van der Waals surface area (Å²) in [4.78, 5) is 12.1. The molecule has 0 saturated carbocycles. The summed E-state index contributed by atoms with van der Waals surface area (Å²) in [6.45, 7) is 6.42. The molecule has 0 heterocycles. The Labute approximate surface area is 121 Å². The fraction of sp³-hybridized carbons (Fsp3) is 0.389. The highest BCUT2D eigenvalue weighted by molar-refractivity contribution is 5.90. The van der Waals surface area contributed by atoms with Crippen molar-refractivity contribution in [2.75, 3.05) is 0 Å². The molecule has 0 aliphatic carbocycles. The van der Waals surface area contributed by atoms with Gasteiger partial charge >= 0.3 is 0 Å². The Kier molecular flexibility index (Phi) is 4.78. The van der Waals surface area contributed by atoms with E-state index < -0.39 is 0 Å². The second-order valence-corrected chi connectivity index (χ2v) is 5.91. The maximum absolute atomic E-state index is 12.1. The molecule has 2 heteroatoms. The molecule has 2 nitrogen and oxygen atoms in total. The molecule has 0 aromatic heterocycles. The summed E-state index contributed by atoms with van der Waals surface area (Å²) in [5.74, 6) is 0.706. The standard InChI is InChI=1S/C18H23NO/c1-13(2)11-14(3)19-18(20)12-16-9-6-8-15-7-4-5-10-17(15)16/h4-10,13-14H,11-12H2,1-3H3,(H,19,20). The van der Waals surface area contributed by atoms with Crippen LogP contribution in [0.3, 0.4) is 0 Å². The quantitative estimate of drug-likeness (QED) is 0.875. The number of amides is 1. The number of hydrogen-bond donors (Lipinski definition) is 1. The molecule has 0 fully saturated rings. The van der Waals surface area contributed by atoms with Crippen LogP contribution in [0.25, 0.3) is 10.8 Å². The molecule has 0 aliphatic heterocycles. The molecule has 20 heavy (non-hydrogen) atoms. The smallest absolute Gasteiger partial charge is 0.224 e. The van der Waals surface area contributed by atoms with Crippen LogP contribution in [0.15, 0.2) is 42.5 Å². The van der Waals surface area contributed by atoms with Crippen molar-refractivity contribution >= 4 is 16.7 Å². The molecule has 106 valence electrons. The van der Waals surface area contributed by atoms with Gasteiger partial charge in [-0.1, -0.05) is 56.3 Å². The molecule has 0 saturated heterocycles. The predicted molar refractivity (Wildman–Crippen MR) is 84.7 cm³/mol. The maximum atomic E-state index is 12.1. The van der Waals surface area contributed by atoms with Gasteiger partial charge in [0.05, 0.1) is 6.42 Å². The second kappa shape index (κ2) is 6.56. The van der Waals surface area contributed by atoms with Crippen molar-refractivity contribution in [3.05, 3.63) is 48.0 Å². The Morgan fingerprint density at radius 1 is 1.05 bits per heavy atom. The monoisotopic (exact) mass is 269 g/mol. The molecular formula is C18H23NO. The Hall–Kier alpha value is -1.83. The van der Waals surface area contributed by atoms with Crippen molar-refractivity contribution in [2.45, 2.75) is 39.7 Å². The number of nitrogens with one attached hydrogen (secondary N) is 1. The average Bonchev–Trinajstić information content (AvgIpc) is 2.38. The van der Waals surface area contributed by atoms with E-state index in [1.165, 1.54) is 10.8 Å². The van der Waals surface area contributed by atoms with Crippen LogP contribution < -0.4 is 5.32 Å². The lowest BCUT2D eigenvalue weighted by atomic mass is 10.0. The predicted octanol–water partition coefficient (Wildman–Crippen LogP) is 3.93. The second-order valence-electron chi connectivity index (χ2n) is 5.91. The fourth-order valence-electron chi connectivity index (χ4n) is 2.71. The number of carbonyl (C=O) groups is 1. The van der Waals surface area contributed by atoms with Crippen LogP contribution in [0.2, 0.25) is 0 Å². The first-order chi connectivity index (χ1) is 9.56. The number of hydrogen-bond acceptors (Lipinski definition) is 1. The average molecular weight is 269 g/mol. The van der Waals surface area contributed by atoms with E-state index in [-0.39, 0.29) is 11.9 Å². The zero-order valence-corrected chi connectivity index (χ0v) is 12.5. The van der Waals surface area contributed by atoms with Crippen molar-refractivity contribution in [3.8, 4) is 0 Å². The molecule has 1 N–H and O–H groups in total. The minimum absolute atomic E-state index is 0.106. The van der Waals surface area contributed by atoms with E-state index >= 15 is 0 Å². The summed E-state index contributed by atoms with van der Waals surface area (Å²) in [5.41, 5.74) is 1.09. The van der Waals surface area contributed by atoms with E-state index in [1.54, 1.807) is 0 Å². The fourth-order valence-corrected chi connectivity index (χ4v) is 2.71. The molecule has 2 rings (SSSR count). The SMILES string of the molecule is CC(C)CC(C)NC(=O)Cc1cccc2ccccc12. The minimum Gasteiger partial charge on any atom is -0.353 e. The number of rotatable bonds is 5. The Morgan fingerprint density at radius 3 is 2.50 bits per heavy atom. The third-order valence-electron chi connectivity index (χ3n) is 3.46. The van der Waals surface area contributed by atoms with Gasteiger partial charge in [-0.2, -0.15) is 0 Å². The van der Waals surface area contributed by atoms with Crippen LogP contribution in [0.4, 0.5) is 0 Å². The third kappa shape index (κ3) is 3.83. The summed E-state index contributed by atoms with van der Waals surface area (Å²) in [6.07, 6.45) is 1.46. The van der Waals surface area contributed by atoms with Gasteiger partial charge < -0.3 is 5.32 Å². The third-order valence-corrected chi connectivity index (χ3v) is 3.46. The maximum Gasteiger partial charge on any atom is 0.224 e. The van der Waals surface area contributed by atoms with Gasteiger partial charge in [-0.15, -0.1) is 0 Å². The Bertz CT molecular complexity index is 583. The van der Waals surface area contributed by atoms with Gasteiger partial charge in [-0.25, -0.2) is 0 Å². The molecule has 0 aliphatic rings. The van der Waals surface area contributed by atoms with Crippen LogP contribution in [0.5, 0.6) is 0 Å². The van der Waals surface area contributed by atoms with E-state index in [0.717, 1.165) is 12.0 Å². The summed E-state index contributed by atoms with van der Waals surface area (Å²) in [5, 5.41) is 5.44. The van der Waals surface area contributed by atoms with Crippen LogP contribution in [0, 0.1) is 5.92 Å².